The maximum Gasteiger partial charge on any atom is 0.169 e. The lowest BCUT2D eigenvalue weighted by Gasteiger charge is -2.22. The number of pyridine rings is 1. The third-order valence-electron chi connectivity index (χ3n) is 15.2. The second-order valence-corrected chi connectivity index (χ2v) is 19.5. The van der Waals surface area contributed by atoms with Gasteiger partial charge in [0, 0.05) is 43.6 Å². The first-order chi connectivity index (χ1) is 32.2. The summed E-state index contributed by atoms with van der Waals surface area (Å²) in [5.41, 5.74) is 22.1. The Kier molecular flexibility index (Phi) is 7.49. The van der Waals surface area contributed by atoms with Gasteiger partial charge in [-0.3, -0.25) is 4.40 Å². The Bertz CT molecular complexity index is 3880. The number of aromatic nitrogens is 4. The second-order valence-electron chi connectivity index (χ2n) is 19.5. The first-order valence-corrected chi connectivity index (χ1v) is 23.1. The fraction of sp³-hybridized carbons (Fsp3) is 0.0968. The molecular formula is C62H44N4. The van der Waals surface area contributed by atoms with Crippen molar-refractivity contribution in [2.75, 3.05) is 0 Å². The van der Waals surface area contributed by atoms with E-state index in [-0.39, 0.29) is 10.8 Å². The molecule has 0 radical (unpaired) electrons. The minimum Gasteiger partial charge on any atom is -0.309 e. The zero-order chi connectivity index (χ0) is 44.1. The Morgan fingerprint density at radius 2 is 0.788 bits per heavy atom. The second kappa shape index (κ2) is 13.2. The Morgan fingerprint density at radius 1 is 0.333 bits per heavy atom. The van der Waals surface area contributed by atoms with Gasteiger partial charge in [0.2, 0.25) is 0 Å². The molecule has 4 nitrogen and oxygen atoms in total. The van der Waals surface area contributed by atoms with E-state index in [4.69, 9.17) is 10.2 Å². The molecule has 3 heterocycles. The van der Waals surface area contributed by atoms with Crippen LogP contribution in [0.15, 0.2) is 194 Å². The summed E-state index contributed by atoms with van der Waals surface area (Å²) in [4.78, 5) is 0. The fourth-order valence-corrected chi connectivity index (χ4v) is 11.9. The molecule has 0 fully saturated rings. The first kappa shape index (κ1) is 37.3. The first-order valence-electron chi connectivity index (χ1n) is 23.1. The fourth-order valence-electron chi connectivity index (χ4n) is 11.9. The number of hydrogen-bond donors (Lipinski definition) is 0. The predicted molar refractivity (Wildman–Crippen MR) is 274 cm³/mol. The van der Waals surface area contributed by atoms with Gasteiger partial charge in [0.1, 0.15) is 0 Å². The van der Waals surface area contributed by atoms with Crippen LogP contribution >= 0.6 is 0 Å². The van der Waals surface area contributed by atoms with E-state index in [0.717, 1.165) is 33.6 Å². The van der Waals surface area contributed by atoms with E-state index in [1.165, 1.54) is 99.3 Å². The lowest BCUT2D eigenvalue weighted by atomic mass is 9.81. The van der Waals surface area contributed by atoms with Gasteiger partial charge in [-0.2, -0.15) is 0 Å². The highest BCUT2D eigenvalue weighted by atomic mass is 15.2. The molecule has 0 saturated carbocycles. The van der Waals surface area contributed by atoms with E-state index in [2.05, 4.69) is 231 Å². The van der Waals surface area contributed by atoms with Crippen LogP contribution in [0.25, 0.3) is 111 Å². The predicted octanol–water partition coefficient (Wildman–Crippen LogP) is 15.7. The highest BCUT2D eigenvalue weighted by molar-refractivity contribution is 6.13. The van der Waals surface area contributed by atoms with Gasteiger partial charge in [-0.15, -0.1) is 10.2 Å². The normalized spacial score (nSPS) is 14.3. The standard InChI is InChI=1S/C62H44N4/c1-61(2)52-18-10-7-14-44(52)46-29-23-40(35-54(46)61)38-25-31-57-50(33-38)51-34-39(41-24-30-47-45-15-8-11-19-53(45)62(3,4)55(47)36-41)26-32-58(51)65(57)42-27-21-37(22-28-42)59-63-64-60-49-17-6-5-13-43(49)48-16-9-12-20-56(48)66(59)60/h5-36H,1-4H3. The summed E-state index contributed by atoms with van der Waals surface area (Å²) in [7, 11) is 0. The van der Waals surface area contributed by atoms with Crippen molar-refractivity contribution in [3.8, 4) is 61.6 Å². The molecule has 12 aromatic rings. The zero-order valence-corrected chi connectivity index (χ0v) is 37.3. The summed E-state index contributed by atoms with van der Waals surface area (Å²) < 4.78 is 4.64. The molecule has 3 aromatic heterocycles. The van der Waals surface area contributed by atoms with Gasteiger partial charge >= 0.3 is 0 Å². The Morgan fingerprint density at radius 3 is 1.38 bits per heavy atom. The van der Waals surface area contributed by atoms with Crippen molar-refractivity contribution < 1.29 is 0 Å². The van der Waals surface area contributed by atoms with E-state index in [9.17, 15) is 0 Å². The van der Waals surface area contributed by atoms with Gasteiger partial charge in [0.15, 0.2) is 11.5 Å². The van der Waals surface area contributed by atoms with E-state index < -0.39 is 0 Å². The van der Waals surface area contributed by atoms with Crippen LogP contribution in [-0.4, -0.2) is 19.2 Å². The highest BCUT2D eigenvalue weighted by Crippen LogP contribution is 2.51. The Hall–Kier alpha value is -8.08. The molecule has 0 unspecified atom stereocenters. The molecular weight excluding hydrogens is 801 g/mol. The average molecular weight is 845 g/mol. The van der Waals surface area contributed by atoms with E-state index in [0.29, 0.717) is 0 Å². The Labute approximate surface area is 383 Å². The largest absolute Gasteiger partial charge is 0.309 e. The highest BCUT2D eigenvalue weighted by Gasteiger charge is 2.36. The van der Waals surface area contributed by atoms with E-state index in [1.807, 2.05) is 0 Å². The van der Waals surface area contributed by atoms with Crippen molar-refractivity contribution in [3.63, 3.8) is 0 Å². The van der Waals surface area contributed by atoms with E-state index >= 15 is 0 Å². The molecule has 0 atom stereocenters. The number of hydrogen-bond acceptors (Lipinski definition) is 2. The molecule has 14 rings (SSSR count). The van der Waals surface area contributed by atoms with Crippen molar-refractivity contribution in [1.82, 2.24) is 19.2 Å². The third kappa shape index (κ3) is 5.04. The lowest BCUT2D eigenvalue weighted by Crippen LogP contribution is -2.14. The van der Waals surface area contributed by atoms with Crippen LogP contribution in [0.1, 0.15) is 49.9 Å². The smallest absolute Gasteiger partial charge is 0.169 e. The van der Waals surface area contributed by atoms with Crippen LogP contribution in [0, 0.1) is 0 Å². The maximum absolute atomic E-state index is 4.83. The van der Waals surface area contributed by atoms with Crippen molar-refractivity contribution in [3.05, 3.63) is 216 Å². The van der Waals surface area contributed by atoms with Crippen LogP contribution in [0.3, 0.4) is 0 Å². The average Bonchev–Trinajstić information content (AvgIpc) is 4.07. The molecule has 312 valence electrons. The van der Waals surface area contributed by atoms with Gasteiger partial charge in [-0.1, -0.05) is 155 Å². The van der Waals surface area contributed by atoms with Crippen LogP contribution in [0.4, 0.5) is 0 Å². The summed E-state index contributed by atoms with van der Waals surface area (Å²) in [6.07, 6.45) is 0. The molecule has 0 amide bonds. The number of nitrogens with zero attached hydrogens (tertiary/aromatic N) is 4. The molecule has 0 bridgehead atoms. The molecule has 0 spiro atoms. The molecule has 0 saturated heterocycles. The zero-order valence-electron chi connectivity index (χ0n) is 37.3. The number of rotatable bonds is 4. The van der Waals surface area contributed by atoms with Gasteiger partial charge in [0.25, 0.3) is 0 Å². The van der Waals surface area contributed by atoms with Crippen molar-refractivity contribution in [2.45, 2.75) is 38.5 Å². The SMILES string of the molecule is CC1(C)c2ccccc2-c2ccc(-c3ccc4c(c3)c3cc(-c5ccc6c(c5)C(C)(C)c5ccccc5-6)ccc3n4-c3ccc(-c4nnc5c6ccccc6c6ccccc6n45)cc3)cc21. The minimum absolute atomic E-state index is 0.0749. The van der Waals surface area contributed by atoms with Crippen LogP contribution in [-0.2, 0) is 10.8 Å². The maximum atomic E-state index is 4.83. The summed E-state index contributed by atoms with van der Waals surface area (Å²) in [6, 6.07) is 72.0. The molecule has 4 heteroatoms. The molecule has 2 aliphatic carbocycles. The summed E-state index contributed by atoms with van der Waals surface area (Å²) in [6.45, 7) is 9.44. The van der Waals surface area contributed by atoms with Crippen molar-refractivity contribution >= 4 is 49.1 Å². The van der Waals surface area contributed by atoms with Crippen molar-refractivity contribution in [1.29, 1.82) is 0 Å². The van der Waals surface area contributed by atoms with Gasteiger partial charge in [-0.05, 0) is 139 Å². The summed E-state index contributed by atoms with van der Waals surface area (Å²) >= 11 is 0. The van der Waals surface area contributed by atoms with Gasteiger partial charge < -0.3 is 4.57 Å². The third-order valence-corrected chi connectivity index (χ3v) is 15.2. The number of para-hydroxylation sites is 1. The van der Waals surface area contributed by atoms with Crippen molar-refractivity contribution in [2.24, 2.45) is 0 Å². The van der Waals surface area contributed by atoms with Gasteiger partial charge in [-0.25, -0.2) is 0 Å². The minimum atomic E-state index is -0.0749. The van der Waals surface area contributed by atoms with Crippen LogP contribution < -0.4 is 0 Å². The van der Waals surface area contributed by atoms with Gasteiger partial charge in [0.05, 0.1) is 16.6 Å². The Balaban J connectivity index is 0.934. The number of fused-ring (bicyclic) bond motifs is 15. The van der Waals surface area contributed by atoms with E-state index in [1.54, 1.807) is 0 Å². The molecule has 0 aliphatic heterocycles. The quantitative estimate of drug-likeness (QED) is 0.165. The lowest BCUT2D eigenvalue weighted by molar-refractivity contribution is 0.660. The number of benzene rings is 9. The monoisotopic (exact) mass is 844 g/mol. The molecule has 2 aliphatic rings. The molecule has 9 aromatic carbocycles. The summed E-state index contributed by atoms with van der Waals surface area (Å²) in [5.74, 6) is 0.830. The van der Waals surface area contributed by atoms with Crippen LogP contribution in [0.2, 0.25) is 0 Å². The summed E-state index contributed by atoms with van der Waals surface area (Å²) in [5, 5.41) is 15.5. The molecule has 0 N–H and O–H groups in total. The van der Waals surface area contributed by atoms with Crippen LogP contribution in [0.5, 0.6) is 0 Å². The molecule has 66 heavy (non-hydrogen) atoms. The topological polar surface area (TPSA) is 35.1 Å².